The summed E-state index contributed by atoms with van der Waals surface area (Å²) in [4.78, 5) is 35.5. The van der Waals surface area contributed by atoms with Crippen LogP contribution in [-0.4, -0.2) is 22.5 Å². The Labute approximate surface area is 191 Å². The van der Waals surface area contributed by atoms with Gasteiger partial charge in [-0.2, -0.15) is 0 Å². The number of nitrogens with zero attached hydrogens (tertiary/aromatic N) is 1. The first-order valence-corrected chi connectivity index (χ1v) is 10.6. The van der Waals surface area contributed by atoms with Crippen molar-refractivity contribution in [1.82, 2.24) is 0 Å². The molecule has 2 amide bonds. The Morgan fingerprint density at radius 3 is 2.29 bits per heavy atom. The molecule has 31 heavy (non-hydrogen) atoms. The molecule has 0 saturated heterocycles. The highest BCUT2D eigenvalue weighted by atomic mass is 35.5. The maximum absolute atomic E-state index is 12.3. The number of nitrogens with one attached hydrogen (secondary N) is 2. The van der Waals surface area contributed by atoms with Gasteiger partial charge in [-0.1, -0.05) is 29.3 Å². The Hall–Kier alpha value is -3.07. The summed E-state index contributed by atoms with van der Waals surface area (Å²) in [7, 11) is 0. The van der Waals surface area contributed by atoms with E-state index in [0.717, 1.165) is 4.90 Å². The molecule has 0 saturated carbocycles. The molecule has 3 rings (SSSR count). The molecule has 2 N–H and O–H groups in total. The summed E-state index contributed by atoms with van der Waals surface area (Å²) in [6.45, 7) is 0. The van der Waals surface area contributed by atoms with E-state index >= 15 is 0 Å². The number of nitro groups is 1. The van der Waals surface area contributed by atoms with Gasteiger partial charge in [-0.25, -0.2) is 0 Å². The highest BCUT2D eigenvalue weighted by Crippen LogP contribution is 2.26. The second kappa shape index (κ2) is 10.3. The lowest BCUT2D eigenvalue weighted by atomic mass is 10.2. The van der Waals surface area contributed by atoms with Gasteiger partial charge in [-0.15, -0.1) is 11.8 Å². The molecule has 0 atom stereocenters. The van der Waals surface area contributed by atoms with Crippen LogP contribution in [0.15, 0.2) is 71.6 Å². The van der Waals surface area contributed by atoms with Crippen LogP contribution in [0.4, 0.5) is 17.1 Å². The number of halogens is 2. The van der Waals surface area contributed by atoms with Crippen molar-refractivity contribution < 1.29 is 14.5 Å². The first-order chi connectivity index (χ1) is 14.8. The molecule has 0 bridgehead atoms. The van der Waals surface area contributed by atoms with Crippen molar-refractivity contribution in [2.75, 3.05) is 16.4 Å². The van der Waals surface area contributed by atoms with Gasteiger partial charge in [0, 0.05) is 34.0 Å². The number of thioether (sulfide) groups is 1. The fourth-order valence-electron chi connectivity index (χ4n) is 2.52. The van der Waals surface area contributed by atoms with E-state index in [1.165, 1.54) is 36.0 Å². The third-order valence-electron chi connectivity index (χ3n) is 4.00. The van der Waals surface area contributed by atoms with Gasteiger partial charge in [0.2, 0.25) is 5.91 Å². The van der Waals surface area contributed by atoms with Crippen LogP contribution in [-0.2, 0) is 4.79 Å². The molecule has 0 aliphatic heterocycles. The molecule has 0 aliphatic rings. The smallest absolute Gasteiger partial charge is 0.270 e. The monoisotopic (exact) mass is 475 g/mol. The van der Waals surface area contributed by atoms with Crippen LogP contribution in [0.2, 0.25) is 10.0 Å². The minimum absolute atomic E-state index is 0.154. The fourth-order valence-corrected chi connectivity index (χ4v) is 3.51. The summed E-state index contributed by atoms with van der Waals surface area (Å²) < 4.78 is 0. The Morgan fingerprint density at radius 2 is 1.61 bits per heavy atom. The molecule has 158 valence electrons. The molecule has 0 fully saturated rings. The van der Waals surface area contributed by atoms with Gasteiger partial charge < -0.3 is 10.6 Å². The number of carbonyl (C=O) groups is 2. The minimum atomic E-state index is -0.555. The van der Waals surface area contributed by atoms with E-state index in [1.54, 1.807) is 42.5 Å². The number of hydrogen-bond acceptors (Lipinski definition) is 5. The van der Waals surface area contributed by atoms with Crippen LogP contribution in [0.25, 0.3) is 0 Å². The second-order valence-corrected chi connectivity index (χ2v) is 8.11. The predicted octanol–water partition coefficient (Wildman–Crippen LogP) is 5.88. The number of nitro benzene ring substituents is 1. The molecule has 0 aromatic heterocycles. The highest BCUT2D eigenvalue weighted by molar-refractivity contribution is 8.00. The van der Waals surface area contributed by atoms with Crippen LogP contribution in [0.3, 0.4) is 0 Å². The topological polar surface area (TPSA) is 101 Å². The largest absolute Gasteiger partial charge is 0.325 e. The second-order valence-electron chi connectivity index (χ2n) is 6.25. The number of benzene rings is 3. The number of rotatable bonds is 7. The van der Waals surface area contributed by atoms with Crippen molar-refractivity contribution in [2.24, 2.45) is 0 Å². The summed E-state index contributed by atoms with van der Waals surface area (Å²) in [5, 5.41) is 17.0. The van der Waals surface area contributed by atoms with Gasteiger partial charge in [-0.3, -0.25) is 19.7 Å². The van der Waals surface area contributed by atoms with Crippen molar-refractivity contribution in [1.29, 1.82) is 0 Å². The lowest BCUT2D eigenvalue weighted by molar-refractivity contribution is -0.384. The summed E-state index contributed by atoms with van der Waals surface area (Å²) >= 11 is 13.1. The molecule has 0 radical (unpaired) electrons. The number of hydrogen-bond donors (Lipinski definition) is 2. The Bertz CT molecular complexity index is 1140. The molecule has 10 heteroatoms. The van der Waals surface area contributed by atoms with Crippen molar-refractivity contribution in [3.63, 3.8) is 0 Å². The van der Waals surface area contributed by atoms with Gasteiger partial charge in [0.15, 0.2) is 0 Å². The maximum atomic E-state index is 12.3. The van der Waals surface area contributed by atoms with E-state index < -0.39 is 10.8 Å². The van der Waals surface area contributed by atoms with Crippen molar-refractivity contribution >= 4 is 63.8 Å². The van der Waals surface area contributed by atoms with Crippen LogP contribution < -0.4 is 10.6 Å². The molecule has 3 aromatic rings. The molecule has 0 unspecified atom stereocenters. The molecule has 0 heterocycles. The molecular weight excluding hydrogens is 461 g/mol. The van der Waals surface area contributed by atoms with E-state index in [2.05, 4.69) is 10.6 Å². The number of non-ortho nitro benzene ring substituents is 1. The lowest BCUT2D eigenvalue weighted by Crippen LogP contribution is -2.14. The first-order valence-electron chi connectivity index (χ1n) is 8.85. The average molecular weight is 476 g/mol. The van der Waals surface area contributed by atoms with Crippen LogP contribution in [0, 0.1) is 10.1 Å². The van der Waals surface area contributed by atoms with E-state index in [-0.39, 0.29) is 22.9 Å². The molecule has 7 nitrogen and oxygen atoms in total. The van der Waals surface area contributed by atoms with E-state index in [4.69, 9.17) is 23.2 Å². The Morgan fingerprint density at radius 1 is 0.903 bits per heavy atom. The van der Waals surface area contributed by atoms with Crippen molar-refractivity contribution in [3.8, 4) is 0 Å². The van der Waals surface area contributed by atoms with Gasteiger partial charge in [0.05, 0.1) is 20.7 Å². The standard InChI is InChI=1S/C21H15Cl2N3O4S/c22-18-9-6-15(11-19(18)23)24-20(27)12-31-17-7-4-14(5-8-17)25-21(28)13-2-1-3-16(10-13)26(29)30/h1-11H,12H2,(H,24,27)(H,25,28). The van der Waals surface area contributed by atoms with Gasteiger partial charge in [0.1, 0.15) is 0 Å². The highest BCUT2D eigenvalue weighted by Gasteiger charge is 2.12. The van der Waals surface area contributed by atoms with Crippen molar-refractivity contribution in [2.45, 2.75) is 4.90 Å². The maximum Gasteiger partial charge on any atom is 0.270 e. The molecule has 3 aromatic carbocycles. The molecule has 0 aliphatic carbocycles. The Kier molecular flexibility index (Phi) is 7.51. The molecular formula is C21H15Cl2N3O4S. The number of carbonyl (C=O) groups excluding carboxylic acids is 2. The number of anilines is 2. The minimum Gasteiger partial charge on any atom is -0.325 e. The molecule has 0 spiro atoms. The van der Waals surface area contributed by atoms with Crippen LogP contribution in [0.5, 0.6) is 0 Å². The number of amides is 2. The summed E-state index contributed by atoms with van der Waals surface area (Å²) in [5.74, 6) is -0.476. The van der Waals surface area contributed by atoms with E-state index in [0.29, 0.717) is 21.4 Å². The SMILES string of the molecule is O=C(CSc1ccc(NC(=O)c2cccc([N+](=O)[O-])c2)cc1)Nc1ccc(Cl)c(Cl)c1. The van der Waals surface area contributed by atoms with E-state index in [1.807, 2.05) is 0 Å². The normalized spacial score (nSPS) is 10.4. The predicted molar refractivity (Wildman–Crippen MR) is 123 cm³/mol. The summed E-state index contributed by atoms with van der Waals surface area (Å²) in [6, 6.07) is 17.2. The zero-order chi connectivity index (χ0) is 22.4. The zero-order valence-corrected chi connectivity index (χ0v) is 18.1. The summed E-state index contributed by atoms with van der Waals surface area (Å²) in [5.41, 5.74) is 1.12. The fraction of sp³-hybridized carbons (Fsp3) is 0.0476. The van der Waals surface area contributed by atoms with Gasteiger partial charge in [-0.05, 0) is 48.5 Å². The van der Waals surface area contributed by atoms with Crippen LogP contribution >= 0.6 is 35.0 Å². The summed E-state index contributed by atoms with van der Waals surface area (Å²) in [6.07, 6.45) is 0. The quantitative estimate of drug-likeness (QED) is 0.252. The first kappa shape index (κ1) is 22.6. The van der Waals surface area contributed by atoms with Gasteiger partial charge >= 0.3 is 0 Å². The van der Waals surface area contributed by atoms with Crippen LogP contribution in [0.1, 0.15) is 10.4 Å². The average Bonchev–Trinajstić information content (AvgIpc) is 2.76. The lowest BCUT2D eigenvalue weighted by Gasteiger charge is -2.08. The van der Waals surface area contributed by atoms with E-state index in [9.17, 15) is 19.7 Å². The van der Waals surface area contributed by atoms with Crippen molar-refractivity contribution in [3.05, 3.63) is 92.5 Å². The van der Waals surface area contributed by atoms with Gasteiger partial charge in [0.25, 0.3) is 11.6 Å². The Balaban J connectivity index is 1.53. The third-order valence-corrected chi connectivity index (χ3v) is 5.76. The third kappa shape index (κ3) is 6.45. The zero-order valence-electron chi connectivity index (χ0n) is 15.8.